The van der Waals surface area contributed by atoms with Crippen LogP contribution in [-0.4, -0.2) is 38.6 Å². The Hall–Kier alpha value is -5.23. The Kier molecular flexibility index (Phi) is 9.85. The minimum absolute atomic E-state index is 0.155. The fraction of sp³-hybridized carbons (Fsp3) is 0.133. The minimum Gasteiger partial charge on any atom is -0.490 e. The van der Waals surface area contributed by atoms with Crippen molar-refractivity contribution < 1.29 is 27.6 Å². The standard InChI is InChI=1S/C30H28N4O7S/c1-2-40-28-19-24(17-18-27(28)41-22-23-11-5-3-6-12-23)20-31-32-30(35)21-33(25-13-7-4-8-14-25)42(38,39)29-16-10-9-15-26(29)34(36)37/h3-20H,2,21-22H2,1H3,(H,32,35)/b31-20-. The van der Waals surface area contributed by atoms with E-state index in [4.69, 9.17) is 9.47 Å². The number of nitrogens with zero attached hydrogens (tertiary/aromatic N) is 3. The van der Waals surface area contributed by atoms with E-state index in [1.54, 1.807) is 36.4 Å². The molecule has 1 N–H and O–H groups in total. The van der Waals surface area contributed by atoms with Gasteiger partial charge in [0.2, 0.25) is 0 Å². The van der Waals surface area contributed by atoms with E-state index < -0.39 is 38.0 Å². The van der Waals surface area contributed by atoms with Crippen molar-refractivity contribution in [1.82, 2.24) is 5.43 Å². The second-order valence-electron chi connectivity index (χ2n) is 8.78. The molecule has 0 aromatic heterocycles. The molecule has 42 heavy (non-hydrogen) atoms. The predicted molar refractivity (Wildman–Crippen MR) is 158 cm³/mol. The summed E-state index contributed by atoms with van der Waals surface area (Å²) in [7, 11) is -4.50. The molecule has 0 saturated carbocycles. The zero-order valence-corrected chi connectivity index (χ0v) is 23.4. The molecule has 0 saturated heterocycles. The van der Waals surface area contributed by atoms with Gasteiger partial charge in [-0.05, 0) is 54.4 Å². The Morgan fingerprint density at radius 2 is 1.60 bits per heavy atom. The summed E-state index contributed by atoms with van der Waals surface area (Å²) in [6, 6.07) is 27.6. The van der Waals surface area contributed by atoms with Crippen LogP contribution in [-0.2, 0) is 21.4 Å². The average molecular weight is 589 g/mol. The Bertz CT molecular complexity index is 1660. The van der Waals surface area contributed by atoms with E-state index >= 15 is 0 Å². The summed E-state index contributed by atoms with van der Waals surface area (Å²) < 4.78 is 39.5. The number of nitro groups is 1. The lowest BCUT2D eigenvalue weighted by Crippen LogP contribution is -2.39. The van der Waals surface area contributed by atoms with Crippen LogP contribution >= 0.6 is 0 Å². The second-order valence-corrected chi connectivity index (χ2v) is 10.6. The number of anilines is 1. The highest BCUT2D eigenvalue weighted by Crippen LogP contribution is 2.30. The molecule has 4 aromatic carbocycles. The summed E-state index contributed by atoms with van der Waals surface area (Å²) >= 11 is 0. The topological polar surface area (TPSA) is 140 Å². The number of ether oxygens (including phenoxy) is 2. The molecule has 11 nitrogen and oxygen atoms in total. The van der Waals surface area contributed by atoms with Gasteiger partial charge < -0.3 is 9.47 Å². The first-order chi connectivity index (χ1) is 20.3. The SMILES string of the molecule is CCOc1cc(/C=N\NC(=O)CN(c2ccccc2)S(=O)(=O)c2ccccc2[N+](=O)[O-])ccc1OCc1ccccc1. The predicted octanol–water partition coefficient (Wildman–Crippen LogP) is 4.92. The third-order valence-corrected chi connectivity index (χ3v) is 7.69. The lowest BCUT2D eigenvalue weighted by Gasteiger charge is -2.23. The van der Waals surface area contributed by atoms with Crippen molar-refractivity contribution in [3.8, 4) is 11.5 Å². The zero-order valence-electron chi connectivity index (χ0n) is 22.6. The highest BCUT2D eigenvalue weighted by molar-refractivity contribution is 7.93. The van der Waals surface area contributed by atoms with E-state index in [9.17, 15) is 23.3 Å². The van der Waals surface area contributed by atoms with Crippen molar-refractivity contribution >= 4 is 33.5 Å². The molecule has 0 aliphatic rings. The quantitative estimate of drug-likeness (QED) is 0.133. The summed E-state index contributed by atoms with van der Waals surface area (Å²) in [4.78, 5) is 23.1. The molecule has 0 heterocycles. The van der Waals surface area contributed by atoms with Crippen LogP contribution in [0.2, 0.25) is 0 Å². The van der Waals surface area contributed by atoms with Crippen molar-refractivity contribution in [1.29, 1.82) is 0 Å². The van der Waals surface area contributed by atoms with Crippen molar-refractivity contribution in [2.75, 3.05) is 17.5 Å². The Labute approximate surface area is 243 Å². The molecule has 0 fully saturated rings. The number of carbonyl (C=O) groups excluding carboxylic acids is 1. The number of sulfonamides is 1. The summed E-state index contributed by atoms with van der Waals surface area (Å²) in [5.74, 6) is 0.278. The maximum atomic E-state index is 13.5. The minimum atomic E-state index is -4.50. The summed E-state index contributed by atoms with van der Waals surface area (Å²) in [5.41, 5.74) is 3.48. The molecule has 0 unspecified atom stereocenters. The number of rotatable bonds is 13. The smallest absolute Gasteiger partial charge is 0.289 e. The maximum Gasteiger partial charge on any atom is 0.289 e. The van der Waals surface area contributed by atoms with Gasteiger partial charge in [0.1, 0.15) is 13.2 Å². The van der Waals surface area contributed by atoms with Crippen molar-refractivity contribution in [3.05, 3.63) is 124 Å². The number of benzene rings is 4. The number of nitro benzene ring substituents is 1. The number of hydrogen-bond donors (Lipinski definition) is 1. The van der Waals surface area contributed by atoms with Crippen LogP contribution in [0.3, 0.4) is 0 Å². The fourth-order valence-electron chi connectivity index (χ4n) is 3.93. The average Bonchev–Trinajstić information content (AvgIpc) is 3.00. The summed E-state index contributed by atoms with van der Waals surface area (Å²) in [6.45, 7) is 1.94. The monoisotopic (exact) mass is 588 g/mol. The van der Waals surface area contributed by atoms with E-state index in [2.05, 4.69) is 10.5 Å². The first kappa shape index (κ1) is 29.7. The van der Waals surface area contributed by atoms with Gasteiger partial charge in [0.05, 0.1) is 23.4 Å². The van der Waals surface area contributed by atoms with Crippen LogP contribution in [0.1, 0.15) is 18.1 Å². The first-order valence-corrected chi connectivity index (χ1v) is 14.3. The lowest BCUT2D eigenvalue weighted by molar-refractivity contribution is -0.387. The van der Waals surface area contributed by atoms with Gasteiger partial charge in [0.15, 0.2) is 16.4 Å². The maximum absolute atomic E-state index is 13.5. The van der Waals surface area contributed by atoms with Crippen molar-refractivity contribution in [2.24, 2.45) is 5.10 Å². The molecule has 0 bridgehead atoms. The van der Waals surface area contributed by atoms with Gasteiger partial charge in [-0.2, -0.15) is 5.10 Å². The molecule has 0 spiro atoms. The Morgan fingerprint density at radius 1 is 0.929 bits per heavy atom. The Balaban J connectivity index is 1.49. The third-order valence-electron chi connectivity index (χ3n) is 5.87. The van der Waals surface area contributed by atoms with Crippen molar-refractivity contribution in [2.45, 2.75) is 18.4 Å². The van der Waals surface area contributed by atoms with Crippen LogP contribution in [0, 0.1) is 10.1 Å². The van der Waals surface area contributed by atoms with Crippen LogP contribution < -0.4 is 19.2 Å². The fourth-order valence-corrected chi connectivity index (χ4v) is 5.51. The summed E-state index contributed by atoms with van der Waals surface area (Å²) in [5, 5.41) is 15.5. The molecule has 4 rings (SSSR count). The molecule has 216 valence electrons. The molecule has 0 radical (unpaired) electrons. The number of hydrogen-bond acceptors (Lipinski definition) is 8. The van der Waals surface area contributed by atoms with Gasteiger partial charge >= 0.3 is 0 Å². The van der Waals surface area contributed by atoms with Crippen LogP contribution in [0.4, 0.5) is 11.4 Å². The number of amides is 1. The van der Waals surface area contributed by atoms with Gasteiger partial charge in [-0.1, -0.05) is 60.7 Å². The summed E-state index contributed by atoms with van der Waals surface area (Å²) in [6.07, 6.45) is 1.38. The molecular formula is C30H28N4O7S. The van der Waals surface area contributed by atoms with Crippen molar-refractivity contribution in [3.63, 3.8) is 0 Å². The molecule has 1 amide bonds. The van der Waals surface area contributed by atoms with E-state index in [0.717, 1.165) is 22.0 Å². The normalized spacial score (nSPS) is 11.2. The zero-order chi connectivity index (χ0) is 30.0. The highest BCUT2D eigenvalue weighted by atomic mass is 32.2. The number of nitrogens with one attached hydrogen (secondary N) is 1. The van der Waals surface area contributed by atoms with Crippen LogP contribution in [0.15, 0.2) is 113 Å². The van der Waals surface area contributed by atoms with Crippen LogP contribution in [0.25, 0.3) is 0 Å². The molecular weight excluding hydrogens is 560 g/mol. The molecule has 0 aliphatic carbocycles. The lowest BCUT2D eigenvalue weighted by atomic mass is 10.2. The van der Waals surface area contributed by atoms with Gasteiger partial charge in [-0.15, -0.1) is 0 Å². The Morgan fingerprint density at radius 3 is 2.29 bits per heavy atom. The van der Waals surface area contributed by atoms with E-state index in [0.29, 0.717) is 30.3 Å². The number of hydrazone groups is 1. The largest absolute Gasteiger partial charge is 0.490 e. The van der Waals surface area contributed by atoms with Crippen LogP contribution in [0.5, 0.6) is 11.5 Å². The van der Waals surface area contributed by atoms with Gasteiger partial charge in [0, 0.05) is 6.07 Å². The number of carbonyl (C=O) groups is 1. The number of para-hydroxylation sites is 2. The molecule has 12 heteroatoms. The molecule has 0 aliphatic heterocycles. The third kappa shape index (κ3) is 7.49. The first-order valence-electron chi connectivity index (χ1n) is 12.9. The van der Waals surface area contributed by atoms with Gasteiger partial charge in [-0.3, -0.25) is 19.2 Å². The van der Waals surface area contributed by atoms with E-state index in [1.807, 2.05) is 37.3 Å². The van der Waals surface area contributed by atoms with E-state index in [-0.39, 0.29) is 5.69 Å². The van der Waals surface area contributed by atoms with Gasteiger partial charge in [-0.25, -0.2) is 13.8 Å². The van der Waals surface area contributed by atoms with E-state index in [1.165, 1.54) is 30.5 Å². The van der Waals surface area contributed by atoms with Gasteiger partial charge in [0.25, 0.3) is 21.6 Å². The molecule has 0 atom stereocenters. The molecule has 4 aromatic rings. The highest BCUT2D eigenvalue weighted by Gasteiger charge is 2.33. The second kappa shape index (κ2) is 13.9.